The second-order valence-corrected chi connectivity index (χ2v) is 2.93. The Morgan fingerprint density at radius 2 is 2.55 bits per heavy atom. The van der Waals surface area contributed by atoms with Crippen LogP contribution in [0.5, 0.6) is 0 Å². The maximum Gasteiger partial charge on any atom is 0.333 e. The third-order valence-corrected chi connectivity index (χ3v) is 1.89. The third kappa shape index (κ3) is 2.07. The molecule has 0 aliphatic heterocycles. The second kappa shape index (κ2) is 3.56. The number of hydrogen-bond acceptors (Lipinski definition) is 2. The molecule has 0 aromatic carbocycles. The zero-order valence-electron chi connectivity index (χ0n) is 7.09. The van der Waals surface area contributed by atoms with Crippen LogP contribution in [0, 0.1) is 5.92 Å². The van der Waals surface area contributed by atoms with E-state index in [2.05, 4.69) is 6.92 Å². The molecule has 0 amide bonds. The maximum atomic E-state index is 11.1. The van der Waals surface area contributed by atoms with Gasteiger partial charge in [0, 0.05) is 5.57 Å². The quantitative estimate of drug-likeness (QED) is 0.568. The molecule has 1 atom stereocenters. The van der Waals surface area contributed by atoms with Gasteiger partial charge in [0.2, 0.25) is 0 Å². The molecule has 2 heteroatoms. The van der Waals surface area contributed by atoms with Gasteiger partial charge in [-0.2, -0.15) is 0 Å². The van der Waals surface area contributed by atoms with Crippen LogP contribution in [0.1, 0.15) is 26.7 Å². The molecule has 11 heavy (non-hydrogen) atoms. The first kappa shape index (κ1) is 8.31. The molecule has 1 aliphatic rings. The lowest BCUT2D eigenvalue weighted by molar-refractivity contribution is -0.138. The van der Waals surface area contributed by atoms with Crippen molar-refractivity contribution in [2.45, 2.75) is 26.7 Å². The SMILES string of the molecule is CCOC(=O)C1=CC(C)CC1. The van der Waals surface area contributed by atoms with Crippen LogP contribution in [0.3, 0.4) is 0 Å². The molecule has 0 aromatic rings. The highest BCUT2D eigenvalue weighted by atomic mass is 16.5. The predicted octanol–water partition coefficient (Wildman–Crippen LogP) is 1.91. The molecule has 2 nitrogen and oxygen atoms in total. The molecule has 0 spiro atoms. The van der Waals surface area contributed by atoms with E-state index in [1.165, 1.54) is 0 Å². The van der Waals surface area contributed by atoms with Crippen LogP contribution in [0.15, 0.2) is 11.6 Å². The van der Waals surface area contributed by atoms with Gasteiger partial charge >= 0.3 is 5.97 Å². The molecular weight excluding hydrogens is 140 g/mol. The van der Waals surface area contributed by atoms with Gasteiger partial charge < -0.3 is 4.74 Å². The van der Waals surface area contributed by atoms with Gasteiger partial charge in [-0.05, 0) is 25.7 Å². The van der Waals surface area contributed by atoms with E-state index >= 15 is 0 Å². The molecule has 0 fully saturated rings. The summed E-state index contributed by atoms with van der Waals surface area (Å²) in [5, 5.41) is 0. The van der Waals surface area contributed by atoms with Crippen molar-refractivity contribution in [2.24, 2.45) is 5.92 Å². The summed E-state index contributed by atoms with van der Waals surface area (Å²) in [5.74, 6) is 0.422. The summed E-state index contributed by atoms with van der Waals surface area (Å²) in [6.07, 6.45) is 3.99. The molecule has 0 saturated heterocycles. The lowest BCUT2D eigenvalue weighted by Crippen LogP contribution is -2.05. The van der Waals surface area contributed by atoms with Gasteiger partial charge in [-0.1, -0.05) is 13.0 Å². The Balaban J connectivity index is 2.48. The first-order chi connectivity index (χ1) is 5.24. The molecule has 0 radical (unpaired) electrons. The first-order valence-corrected chi connectivity index (χ1v) is 4.12. The highest BCUT2D eigenvalue weighted by Crippen LogP contribution is 2.23. The predicted molar refractivity (Wildman–Crippen MR) is 43.1 cm³/mol. The Bertz CT molecular complexity index is 182. The fourth-order valence-electron chi connectivity index (χ4n) is 1.29. The van der Waals surface area contributed by atoms with Crippen LogP contribution in [-0.2, 0) is 9.53 Å². The van der Waals surface area contributed by atoms with Crippen molar-refractivity contribution < 1.29 is 9.53 Å². The van der Waals surface area contributed by atoms with Crippen molar-refractivity contribution in [1.82, 2.24) is 0 Å². The van der Waals surface area contributed by atoms with E-state index in [9.17, 15) is 4.79 Å². The normalized spacial score (nSPS) is 23.1. The van der Waals surface area contributed by atoms with E-state index in [0.29, 0.717) is 12.5 Å². The number of carbonyl (C=O) groups is 1. The highest BCUT2D eigenvalue weighted by molar-refractivity contribution is 5.88. The van der Waals surface area contributed by atoms with Gasteiger partial charge in [0.15, 0.2) is 0 Å². The molecule has 0 saturated carbocycles. The molecule has 1 rings (SSSR count). The number of allylic oxidation sites excluding steroid dienone is 1. The Hall–Kier alpha value is -0.790. The molecular formula is C9H14O2. The van der Waals surface area contributed by atoms with Gasteiger partial charge in [0.25, 0.3) is 0 Å². The minimum atomic E-state index is -0.128. The van der Waals surface area contributed by atoms with Crippen LogP contribution in [0.4, 0.5) is 0 Å². The lowest BCUT2D eigenvalue weighted by Gasteiger charge is -1.99. The lowest BCUT2D eigenvalue weighted by atomic mass is 10.2. The van der Waals surface area contributed by atoms with Crippen LogP contribution in [0.25, 0.3) is 0 Å². The standard InChI is InChI=1S/C9H14O2/c1-3-11-9(10)8-5-4-7(2)6-8/h6-7H,3-5H2,1-2H3. The summed E-state index contributed by atoms with van der Waals surface area (Å²) in [7, 11) is 0. The summed E-state index contributed by atoms with van der Waals surface area (Å²) in [5.41, 5.74) is 0.861. The average Bonchev–Trinajstić information content (AvgIpc) is 2.36. The molecule has 1 unspecified atom stereocenters. The first-order valence-electron chi connectivity index (χ1n) is 4.12. The Kier molecular flexibility index (Phi) is 2.69. The van der Waals surface area contributed by atoms with E-state index in [4.69, 9.17) is 4.74 Å². The van der Waals surface area contributed by atoms with Gasteiger partial charge in [0.05, 0.1) is 6.61 Å². The summed E-state index contributed by atoms with van der Waals surface area (Å²) in [6.45, 7) is 4.42. The van der Waals surface area contributed by atoms with Crippen molar-refractivity contribution in [3.63, 3.8) is 0 Å². The molecule has 1 aliphatic carbocycles. The Labute approximate surface area is 67.2 Å². The minimum Gasteiger partial charge on any atom is -0.463 e. The van der Waals surface area contributed by atoms with Crippen molar-refractivity contribution in [2.75, 3.05) is 6.61 Å². The monoisotopic (exact) mass is 154 g/mol. The van der Waals surface area contributed by atoms with E-state index in [0.717, 1.165) is 18.4 Å². The molecule has 0 bridgehead atoms. The smallest absolute Gasteiger partial charge is 0.333 e. The molecule has 0 heterocycles. The van der Waals surface area contributed by atoms with Crippen molar-refractivity contribution >= 4 is 5.97 Å². The average molecular weight is 154 g/mol. The van der Waals surface area contributed by atoms with Gasteiger partial charge in [-0.15, -0.1) is 0 Å². The summed E-state index contributed by atoms with van der Waals surface area (Å²) < 4.78 is 4.87. The Morgan fingerprint density at radius 1 is 1.82 bits per heavy atom. The number of hydrogen-bond donors (Lipinski definition) is 0. The van der Waals surface area contributed by atoms with E-state index < -0.39 is 0 Å². The molecule has 0 N–H and O–H groups in total. The molecule has 62 valence electrons. The van der Waals surface area contributed by atoms with E-state index in [1.54, 1.807) is 0 Å². The van der Waals surface area contributed by atoms with Gasteiger partial charge in [-0.25, -0.2) is 4.79 Å². The number of ether oxygens (including phenoxy) is 1. The minimum absolute atomic E-state index is 0.128. The van der Waals surface area contributed by atoms with E-state index in [-0.39, 0.29) is 5.97 Å². The zero-order valence-corrected chi connectivity index (χ0v) is 7.09. The van der Waals surface area contributed by atoms with E-state index in [1.807, 2.05) is 13.0 Å². The fraction of sp³-hybridized carbons (Fsp3) is 0.667. The van der Waals surface area contributed by atoms with Crippen molar-refractivity contribution in [3.8, 4) is 0 Å². The number of carbonyl (C=O) groups excluding carboxylic acids is 1. The number of esters is 1. The molecule has 0 aromatic heterocycles. The zero-order chi connectivity index (χ0) is 8.27. The number of rotatable bonds is 2. The Morgan fingerprint density at radius 3 is 3.00 bits per heavy atom. The third-order valence-electron chi connectivity index (χ3n) is 1.89. The summed E-state index contributed by atoms with van der Waals surface area (Å²) in [4.78, 5) is 11.1. The van der Waals surface area contributed by atoms with Crippen LogP contribution in [0.2, 0.25) is 0 Å². The second-order valence-electron chi connectivity index (χ2n) is 2.93. The van der Waals surface area contributed by atoms with Crippen LogP contribution < -0.4 is 0 Å². The summed E-state index contributed by atoms with van der Waals surface area (Å²) in [6, 6.07) is 0. The maximum absolute atomic E-state index is 11.1. The van der Waals surface area contributed by atoms with Crippen molar-refractivity contribution in [3.05, 3.63) is 11.6 Å². The fourth-order valence-corrected chi connectivity index (χ4v) is 1.29. The van der Waals surface area contributed by atoms with Crippen LogP contribution in [-0.4, -0.2) is 12.6 Å². The largest absolute Gasteiger partial charge is 0.463 e. The van der Waals surface area contributed by atoms with Gasteiger partial charge in [-0.3, -0.25) is 0 Å². The topological polar surface area (TPSA) is 26.3 Å². The van der Waals surface area contributed by atoms with Crippen LogP contribution >= 0.6 is 0 Å². The van der Waals surface area contributed by atoms with Crippen molar-refractivity contribution in [1.29, 1.82) is 0 Å². The highest BCUT2D eigenvalue weighted by Gasteiger charge is 2.17. The summed E-state index contributed by atoms with van der Waals surface area (Å²) >= 11 is 0. The van der Waals surface area contributed by atoms with Gasteiger partial charge in [0.1, 0.15) is 0 Å².